The van der Waals surface area contributed by atoms with Crippen LogP contribution in [0, 0.1) is 13.8 Å². The minimum absolute atomic E-state index is 0.0551. The zero-order chi connectivity index (χ0) is 31.7. The van der Waals surface area contributed by atoms with Crippen LogP contribution in [-0.2, 0) is 26.2 Å². The molecule has 0 spiro atoms. The summed E-state index contributed by atoms with van der Waals surface area (Å²) in [6.07, 6.45) is 0.747. The van der Waals surface area contributed by atoms with Crippen LogP contribution in [0.1, 0.15) is 37.0 Å². The van der Waals surface area contributed by atoms with Crippen molar-refractivity contribution < 1.29 is 22.7 Å². The molecule has 0 aliphatic rings. The number of nitrogens with one attached hydrogen (secondary N) is 1. The number of rotatable bonds is 13. The highest BCUT2D eigenvalue weighted by molar-refractivity contribution is 7.92. The lowest BCUT2D eigenvalue weighted by molar-refractivity contribution is -0.139. The molecule has 0 fully saturated rings. The van der Waals surface area contributed by atoms with Crippen LogP contribution in [0.4, 0.5) is 5.69 Å². The van der Waals surface area contributed by atoms with Crippen molar-refractivity contribution in [2.75, 3.05) is 17.4 Å². The minimum atomic E-state index is -4.17. The Labute approximate surface area is 260 Å². The van der Waals surface area contributed by atoms with E-state index in [0.717, 1.165) is 27.4 Å². The highest BCUT2D eigenvalue weighted by Gasteiger charge is 2.32. The summed E-state index contributed by atoms with van der Waals surface area (Å²) in [4.78, 5) is 28.6. The predicted octanol–water partition coefficient (Wildman–Crippen LogP) is 6.23. The van der Waals surface area contributed by atoms with Gasteiger partial charge in [0, 0.05) is 13.1 Å². The van der Waals surface area contributed by atoms with Crippen LogP contribution in [-0.4, -0.2) is 44.3 Å². The second-order valence-corrected chi connectivity index (χ2v) is 12.6. The van der Waals surface area contributed by atoms with E-state index >= 15 is 0 Å². The second-order valence-electron chi connectivity index (χ2n) is 10.7. The molecule has 0 aliphatic carbocycles. The lowest BCUT2D eigenvalue weighted by Crippen LogP contribution is -2.51. The Bertz CT molecular complexity index is 1660. The molecular weight excluding hydrogens is 574 g/mol. The molecule has 0 radical (unpaired) electrons. The Morgan fingerprint density at radius 2 is 1.48 bits per heavy atom. The average molecular weight is 614 g/mol. The summed E-state index contributed by atoms with van der Waals surface area (Å²) in [6, 6.07) is 29.1. The summed E-state index contributed by atoms with van der Waals surface area (Å²) in [7, 11) is -4.17. The monoisotopic (exact) mass is 613 g/mol. The normalized spacial score (nSPS) is 11.8. The highest BCUT2D eigenvalue weighted by Crippen LogP contribution is 2.29. The highest BCUT2D eigenvalue weighted by atomic mass is 32.2. The Morgan fingerprint density at radius 3 is 2.11 bits per heavy atom. The van der Waals surface area contributed by atoms with Crippen molar-refractivity contribution in [2.24, 2.45) is 0 Å². The SMILES string of the molecule is CCCNC(=O)[C@H](C)N(Cc1cccc(C)c1)C(=O)CN(c1ccc(Oc2ccccc2)cc1)S(=O)(=O)c1ccc(C)cc1. The first-order valence-electron chi connectivity index (χ1n) is 14.6. The number of benzene rings is 4. The van der Waals surface area contributed by atoms with Crippen molar-refractivity contribution >= 4 is 27.5 Å². The maximum Gasteiger partial charge on any atom is 0.264 e. The Balaban J connectivity index is 1.70. The molecule has 0 bridgehead atoms. The molecule has 0 saturated carbocycles. The lowest BCUT2D eigenvalue weighted by atomic mass is 10.1. The molecule has 0 saturated heterocycles. The maximum atomic E-state index is 14.1. The average Bonchev–Trinajstić information content (AvgIpc) is 3.02. The zero-order valence-corrected chi connectivity index (χ0v) is 26.4. The van der Waals surface area contributed by atoms with Crippen LogP contribution < -0.4 is 14.4 Å². The first-order valence-corrected chi connectivity index (χ1v) is 16.1. The summed E-state index contributed by atoms with van der Waals surface area (Å²) >= 11 is 0. The fourth-order valence-corrected chi connectivity index (χ4v) is 6.07. The smallest absolute Gasteiger partial charge is 0.264 e. The van der Waals surface area contributed by atoms with E-state index in [1.54, 1.807) is 43.3 Å². The topological polar surface area (TPSA) is 96.0 Å². The molecule has 8 nitrogen and oxygen atoms in total. The third-order valence-electron chi connectivity index (χ3n) is 7.14. The van der Waals surface area contributed by atoms with Crippen LogP contribution >= 0.6 is 0 Å². The molecule has 44 heavy (non-hydrogen) atoms. The number of hydrogen-bond acceptors (Lipinski definition) is 5. The number of aryl methyl sites for hydroxylation is 2. The van der Waals surface area contributed by atoms with E-state index in [9.17, 15) is 18.0 Å². The van der Waals surface area contributed by atoms with Gasteiger partial charge in [-0.15, -0.1) is 0 Å². The van der Waals surface area contributed by atoms with Crippen molar-refractivity contribution in [1.29, 1.82) is 0 Å². The minimum Gasteiger partial charge on any atom is -0.457 e. The van der Waals surface area contributed by atoms with Crippen molar-refractivity contribution in [3.63, 3.8) is 0 Å². The van der Waals surface area contributed by atoms with Crippen LogP contribution in [0.2, 0.25) is 0 Å². The quantitative estimate of drug-likeness (QED) is 0.193. The fraction of sp³-hybridized carbons (Fsp3) is 0.257. The molecule has 1 atom stereocenters. The molecule has 2 amide bonds. The number of para-hydroxylation sites is 1. The van der Waals surface area contributed by atoms with E-state index in [-0.39, 0.29) is 23.0 Å². The molecule has 0 aromatic heterocycles. The molecule has 0 unspecified atom stereocenters. The largest absolute Gasteiger partial charge is 0.457 e. The number of ether oxygens (including phenoxy) is 1. The summed E-state index contributed by atoms with van der Waals surface area (Å²) < 4.78 is 35.1. The number of hydrogen-bond donors (Lipinski definition) is 1. The summed E-state index contributed by atoms with van der Waals surface area (Å²) in [5.74, 6) is 0.345. The Morgan fingerprint density at radius 1 is 0.818 bits per heavy atom. The van der Waals surface area contributed by atoms with Crippen molar-refractivity contribution in [1.82, 2.24) is 10.2 Å². The van der Waals surface area contributed by atoms with Gasteiger partial charge in [-0.1, -0.05) is 72.6 Å². The summed E-state index contributed by atoms with van der Waals surface area (Å²) in [6.45, 7) is 7.54. The first-order chi connectivity index (χ1) is 21.1. The number of amides is 2. The van der Waals surface area contributed by atoms with E-state index < -0.39 is 28.5 Å². The van der Waals surface area contributed by atoms with Crippen molar-refractivity contribution in [3.8, 4) is 11.5 Å². The zero-order valence-electron chi connectivity index (χ0n) is 25.6. The van der Waals surface area contributed by atoms with Gasteiger partial charge in [0.15, 0.2) is 0 Å². The summed E-state index contributed by atoms with van der Waals surface area (Å²) in [5, 5.41) is 2.86. The van der Waals surface area contributed by atoms with Gasteiger partial charge in [0.1, 0.15) is 24.1 Å². The lowest BCUT2D eigenvalue weighted by Gasteiger charge is -2.32. The van der Waals surface area contributed by atoms with E-state index in [1.165, 1.54) is 17.0 Å². The van der Waals surface area contributed by atoms with Crippen LogP contribution in [0.5, 0.6) is 11.5 Å². The molecule has 4 aromatic carbocycles. The van der Waals surface area contributed by atoms with Gasteiger partial charge in [-0.05, 0) is 81.3 Å². The number of sulfonamides is 1. The fourth-order valence-electron chi connectivity index (χ4n) is 4.66. The van der Waals surface area contributed by atoms with E-state index in [4.69, 9.17) is 4.74 Å². The van der Waals surface area contributed by atoms with Gasteiger partial charge in [-0.3, -0.25) is 13.9 Å². The van der Waals surface area contributed by atoms with Crippen LogP contribution in [0.15, 0.2) is 108 Å². The van der Waals surface area contributed by atoms with Gasteiger partial charge >= 0.3 is 0 Å². The third kappa shape index (κ3) is 8.26. The van der Waals surface area contributed by atoms with Gasteiger partial charge in [0.25, 0.3) is 10.0 Å². The molecule has 0 aliphatic heterocycles. The molecule has 230 valence electrons. The number of anilines is 1. The molecule has 4 aromatic rings. The van der Waals surface area contributed by atoms with E-state index in [1.807, 2.05) is 75.4 Å². The number of nitrogens with zero attached hydrogens (tertiary/aromatic N) is 2. The van der Waals surface area contributed by atoms with Crippen molar-refractivity contribution in [3.05, 3.63) is 120 Å². The molecule has 1 N–H and O–H groups in total. The second kappa shape index (κ2) is 14.7. The van der Waals surface area contributed by atoms with E-state index in [2.05, 4.69) is 5.32 Å². The van der Waals surface area contributed by atoms with Gasteiger partial charge in [0.2, 0.25) is 11.8 Å². The summed E-state index contributed by atoms with van der Waals surface area (Å²) in [5.41, 5.74) is 3.05. The van der Waals surface area contributed by atoms with E-state index in [0.29, 0.717) is 18.0 Å². The van der Waals surface area contributed by atoms with Gasteiger partial charge in [-0.25, -0.2) is 8.42 Å². The number of carbonyl (C=O) groups excluding carboxylic acids is 2. The van der Waals surface area contributed by atoms with Gasteiger partial charge in [0.05, 0.1) is 10.6 Å². The molecule has 4 rings (SSSR count). The standard InChI is InChI=1S/C35H39N3O5S/c1-5-22-36-35(40)28(4)37(24-29-11-9-10-27(3)23-29)34(39)25-38(44(41,42)33-20-14-26(2)15-21-33)30-16-18-32(19-17-30)43-31-12-7-6-8-13-31/h6-21,23,28H,5,22,24-25H2,1-4H3,(H,36,40)/t28-/m0/s1. The van der Waals surface area contributed by atoms with Crippen molar-refractivity contribution in [2.45, 2.75) is 51.6 Å². The van der Waals surface area contributed by atoms with Gasteiger partial charge in [-0.2, -0.15) is 0 Å². The first kappa shape index (κ1) is 32.3. The molecular formula is C35H39N3O5S. The maximum absolute atomic E-state index is 14.1. The van der Waals surface area contributed by atoms with Crippen LogP contribution in [0.3, 0.4) is 0 Å². The molecule has 0 heterocycles. The molecule has 9 heteroatoms. The third-order valence-corrected chi connectivity index (χ3v) is 8.93. The predicted molar refractivity (Wildman–Crippen MR) is 173 cm³/mol. The Hall–Kier alpha value is -4.63. The Kier molecular flexibility index (Phi) is 10.8. The van der Waals surface area contributed by atoms with Gasteiger partial charge < -0.3 is 15.0 Å². The van der Waals surface area contributed by atoms with Crippen LogP contribution in [0.25, 0.3) is 0 Å². The number of carbonyl (C=O) groups is 2.